The van der Waals surface area contributed by atoms with Gasteiger partial charge in [-0.15, -0.1) is 5.10 Å². The summed E-state index contributed by atoms with van der Waals surface area (Å²) in [6.07, 6.45) is 0. The lowest BCUT2D eigenvalue weighted by molar-refractivity contribution is -0.122. The zero-order valence-electron chi connectivity index (χ0n) is 12.8. The quantitative estimate of drug-likeness (QED) is 0.781. The van der Waals surface area contributed by atoms with Gasteiger partial charge in [-0.1, -0.05) is 60.7 Å². The van der Waals surface area contributed by atoms with Crippen molar-refractivity contribution in [1.82, 2.24) is 25.5 Å². The molecule has 0 aliphatic rings. The molecule has 3 rings (SSSR count). The SMILES string of the molecule is Cc1nnnn1CC(=O)NC(c1ccccc1)c1ccccc1. The van der Waals surface area contributed by atoms with Crippen LogP contribution in [0, 0.1) is 6.92 Å². The summed E-state index contributed by atoms with van der Waals surface area (Å²) in [5.41, 5.74) is 2.06. The highest BCUT2D eigenvalue weighted by atomic mass is 16.2. The van der Waals surface area contributed by atoms with Crippen LogP contribution in [-0.2, 0) is 11.3 Å². The second-order valence-electron chi connectivity index (χ2n) is 5.21. The second-order valence-corrected chi connectivity index (χ2v) is 5.21. The number of hydrogen-bond donors (Lipinski definition) is 1. The summed E-state index contributed by atoms with van der Waals surface area (Å²) in [6, 6.07) is 19.6. The Bertz CT molecular complexity index is 730. The maximum absolute atomic E-state index is 12.4. The number of aryl methyl sites for hydroxylation is 1. The number of carbonyl (C=O) groups excluding carboxylic acids is 1. The number of tetrazole rings is 1. The summed E-state index contributed by atoms with van der Waals surface area (Å²) in [6.45, 7) is 1.86. The summed E-state index contributed by atoms with van der Waals surface area (Å²) in [5.74, 6) is 0.467. The minimum absolute atomic E-state index is 0.0923. The molecule has 0 saturated heterocycles. The molecule has 0 saturated carbocycles. The maximum Gasteiger partial charge on any atom is 0.242 e. The van der Waals surface area contributed by atoms with E-state index in [4.69, 9.17) is 0 Å². The van der Waals surface area contributed by atoms with E-state index in [9.17, 15) is 4.79 Å². The summed E-state index contributed by atoms with van der Waals surface area (Å²) in [7, 11) is 0. The fourth-order valence-electron chi connectivity index (χ4n) is 2.39. The molecule has 1 heterocycles. The summed E-state index contributed by atoms with van der Waals surface area (Å²) >= 11 is 0. The molecular formula is C17H17N5O. The Hall–Kier alpha value is -3.02. The molecule has 3 aromatic rings. The molecule has 0 aliphatic heterocycles. The minimum Gasteiger partial charge on any atom is -0.344 e. The molecule has 6 heteroatoms. The molecule has 0 bridgehead atoms. The predicted molar refractivity (Wildman–Crippen MR) is 85.4 cm³/mol. The van der Waals surface area contributed by atoms with E-state index < -0.39 is 0 Å². The van der Waals surface area contributed by atoms with Crippen molar-refractivity contribution in [3.63, 3.8) is 0 Å². The fourth-order valence-corrected chi connectivity index (χ4v) is 2.39. The third-order valence-electron chi connectivity index (χ3n) is 3.58. The van der Waals surface area contributed by atoms with Crippen molar-refractivity contribution in [3.8, 4) is 0 Å². The molecule has 116 valence electrons. The number of carbonyl (C=O) groups is 1. The normalized spacial score (nSPS) is 10.7. The van der Waals surface area contributed by atoms with Crippen molar-refractivity contribution in [2.45, 2.75) is 19.5 Å². The van der Waals surface area contributed by atoms with Gasteiger partial charge in [-0.3, -0.25) is 4.79 Å². The van der Waals surface area contributed by atoms with Gasteiger partial charge in [-0.2, -0.15) is 0 Å². The Kier molecular flexibility index (Phi) is 4.42. The van der Waals surface area contributed by atoms with Crippen LogP contribution in [0.15, 0.2) is 60.7 Å². The molecule has 1 amide bonds. The third kappa shape index (κ3) is 3.60. The molecular weight excluding hydrogens is 290 g/mol. The Morgan fingerprint density at radius 1 is 1.04 bits per heavy atom. The van der Waals surface area contributed by atoms with Gasteiger partial charge < -0.3 is 5.32 Å². The van der Waals surface area contributed by atoms with E-state index in [1.54, 1.807) is 6.92 Å². The summed E-state index contributed by atoms with van der Waals surface area (Å²) in [4.78, 5) is 12.4. The van der Waals surface area contributed by atoms with Crippen molar-refractivity contribution in [1.29, 1.82) is 0 Å². The van der Waals surface area contributed by atoms with Crippen molar-refractivity contribution in [2.24, 2.45) is 0 Å². The van der Waals surface area contributed by atoms with Crippen molar-refractivity contribution >= 4 is 5.91 Å². The van der Waals surface area contributed by atoms with E-state index in [1.165, 1.54) is 4.68 Å². The topological polar surface area (TPSA) is 72.7 Å². The Labute approximate surface area is 134 Å². The summed E-state index contributed by atoms with van der Waals surface area (Å²) in [5, 5.41) is 14.2. The first-order chi connectivity index (χ1) is 11.2. The molecule has 0 atom stereocenters. The van der Waals surface area contributed by atoms with E-state index in [2.05, 4.69) is 20.8 Å². The molecule has 0 unspecified atom stereocenters. The van der Waals surface area contributed by atoms with Crippen LogP contribution in [0.25, 0.3) is 0 Å². The molecule has 23 heavy (non-hydrogen) atoms. The number of nitrogens with zero attached hydrogens (tertiary/aromatic N) is 4. The minimum atomic E-state index is -0.207. The number of hydrogen-bond acceptors (Lipinski definition) is 4. The Morgan fingerprint density at radius 2 is 1.61 bits per heavy atom. The van der Waals surface area contributed by atoms with Gasteiger partial charge >= 0.3 is 0 Å². The number of nitrogens with one attached hydrogen (secondary N) is 1. The van der Waals surface area contributed by atoms with Crippen molar-refractivity contribution < 1.29 is 4.79 Å². The highest BCUT2D eigenvalue weighted by Crippen LogP contribution is 2.21. The van der Waals surface area contributed by atoms with Crippen LogP contribution in [0.4, 0.5) is 0 Å². The highest BCUT2D eigenvalue weighted by Gasteiger charge is 2.17. The van der Waals surface area contributed by atoms with Gasteiger partial charge in [-0.05, 0) is 28.5 Å². The zero-order valence-corrected chi connectivity index (χ0v) is 12.8. The van der Waals surface area contributed by atoms with Gasteiger partial charge in [0.05, 0.1) is 6.04 Å². The van der Waals surface area contributed by atoms with Crippen LogP contribution in [0.1, 0.15) is 23.0 Å². The predicted octanol–water partition coefficient (Wildman–Crippen LogP) is 1.89. The molecule has 6 nitrogen and oxygen atoms in total. The second kappa shape index (κ2) is 6.83. The van der Waals surface area contributed by atoms with E-state index >= 15 is 0 Å². The van der Waals surface area contributed by atoms with Crippen LogP contribution < -0.4 is 5.32 Å². The van der Waals surface area contributed by atoms with Gasteiger partial charge in [0.2, 0.25) is 5.91 Å². The van der Waals surface area contributed by atoms with Crippen molar-refractivity contribution in [2.75, 3.05) is 0 Å². The lowest BCUT2D eigenvalue weighted by Crippen LogP contribution is -2.32. The average Bonchev–Trinajstić information content (AvgIpc) is 2.99. The summed E-state index contributed by atoms with van der Waals surface area (Å²) < 4.78 is 1.47. The Balaban J connectivity index is 1.82. The van der Waals surface area contributed by atoms with Crippen molar-refractivity contribution in [3.05, 3.63) is 77.6 Å². The number of benzene rings is 2. The van der Waals surface area contributed by atoms with Gasteiger partial charge in [0.25, 0.3) is 0 Å². The molecule has 0 aliphatic carbocycles. The largest absolute Gasteiger partial charge is 0.344 e. The van der Waals surface area contributed by atoms with Gasteiger partial charge in [-0.25, -0.2) is 4.68 Å². The third-order valence-corrected chi connectivity index (χ3v) is 3.58. The average molecular weight is 307 g/mol. The molecule has 1 aromatic heterocycles. The maximum atomic E-state index is 12.4. The van der Waals surface area contributed by atoms with Crippen LogP contribution in [0.3, 0.4) is 0 Å². The van der Waals surface area contributed by atoms with E-state index in [0.717, 1.165) is 11.1 Å². The molecule has 0 radical (unpaired) electrons. The van der Waals surface area contributed by atoms with E-state index in [0.29, 0.717) is 5.82 Å². The van der Waals surface area contributed by atoms with Crippen LogP contribution in [-0.4, -0.2) is 26.1 Å². The molecule has 0 spiro atoms. The number of amides is 1. The lowest BCUT2D eigenvalue weighted by Gasteiger charge is -2.20. The standard InChI is InChI=1S/C17H17N5O/c1-13-19-20-21-22(13)12-16(23)18-17(14-8-4-2-5-9-14)15-10-6-3-7-11-15/h2-11,17H,12H2,1H3,(H,18,23). The smallest absolute Gasteiger partial charge is 0.242 e. The number of rotatable bonds is 5. The first-order valence-corrected chi connectivity index (χ1v) is 7.36. The molecule has 1 N–H and O–H groups in total. The number of aromatic nitrogens is 4. The van der Waals surface area contributed by atoms with Crippen LogP contribution in [0.2, 0.25) is 0 Å². The monoisotopic (exact) mass is 307 g/mol. The highest BCUT2D eigenvalue weighted by molar-refractivity contribution is 5.76. The van der Waals surface area contributed by atoms with Gasteiger partial charge in [0.1, 0.15) is 12.4 Å². The zero-order chi connectivity index (χ0) is 16.1. The van der Waals surface area contributed by atoms with Gasteiger partial charge in [0.15, 0.2) is 0 Å². The molecule has 0 fully saturated rings. The Morgan fingerprint density at radius 3 is 2.09 bits per heavy atom. The van der Waals surface area contributed by atoms with E-state index in [-0.39, 0.29) is 18.5 Å². The van der Waals surface area contributed by atoms with Gasteiger partial charge in [0, 0.05) is 0 Å². The van der Waals surface area contributed by atoms with E-state index in [1.807, 2.05) is 60.7 Å². The first kappa shape index (κ1) is 14.9. The van der Waals surface area contributed by atoms with Crippen LogP contribution in [0.5, 0.6) is 0 Å². The molecule has 2 aromatic carbocycles. The lowest BCUT2D eigenvalue weighted by atomic mass is 9.99. The first-order valence-electron chi connectivity index (χ1n) is 7.36. The van der Waals surface area contributed by atoms with Crippen LogP contribution >= 0.6 is 0 Å². The fraction of sp³-hybridized carbons (Fsp3) is 0.176.